The van der Waals surface area contributed by atoms with Crippen molar-refractivity contribution in [2.45, 2.75) is 38.1 Å². The Balaban J connectivity index is 1.91. The summed E-state index contributed by atoms with van der Waals surface area (Å²) in [6.07, 6.45) is 0.914. The molecule has 0 radical (unpaired) electrons. The quantitative estimate of drug-likeness (QED) is 0.499. The molecule has 7 heteroatoms. The SMILES string of the molecule is CC(C)Cc1ccc(S(=O)(=O)NNC(=S)N[C@@H](C)c2ccccc2)cc1. The lowest BCUT2D eigenvalue weighted by atomic mass is 10.0. The molecule has 2 aromatic rings. The maximum Gasteiger partial charge on any atom is 0.257 e. The van der Waals surface area contributed by atoms with Gasteiger partial charge in [0.1, 0.15) is 0 Å². The largest absolute Gasteiger partial charge is 0.355 e. The molecule has 5 nitrogen and oxygen atoms in total. The van der Waals surface area contributed by atoms with Crippen LogP contribution in [0.4, 0.5) is 0 Å². The van der Waals surface area contributed by atoms with Crippen molar-refractivity contribution in [3.63, 3.8) is 0 Å². The molecule has 0 heterocycles. The second-order valence-corrected chi connectivity index (χ2v) is 8.67. The van der Waals surface area contributed by atoms with Crippen molar-refractivity contribution >= 4 is 27.4 Å². The fraction of sp³-hybridized carbons (Fsp3) is 0.316. The summed E-state index contributed by atoms with van der Waals surface area (Å²) in [5.41, 5.74) is 4.72. The predicted molar refractivity (Wildman–Crippen MR) is 109 cm³/mol. The highest BCUT2D eigenvalue weighted by molar-refractivity contribution is 7.89. The molecule has 0 aromatic heterocycles. The number of hydrogen-bond acceptors (Lipinski definition) is 3. The van der Waals surface area contributed by atoms with Crippen LogP contribution in [0.3, 0.4) is 0 Å². The standard InChI is InChI=1S/C19H25N3O2S2/c1-14(2)13-16-9-11-18(12-10-16)26(23,24)22-21-19(25)20-15(3)17-7-5-4-6-8-17/h4-12,14-15,22H,13H2,1-3H3,(H2,20,21,25)/t15-/m0/s1. The zero-order chi connectivity index (χ0) is 19.2. The van der Waals surface area contributed by atoms with Crippen molar-refractivity contribution in [2.24, 2.45) is 5.92 Å². The van der Waals surface area contributed by atoms with Crippen LogP contribution >= 0.6 is 12.2 Å². The normalized spacial score (nSPS) is 12.6. The highest BCUT2D eigenvalue weighted by atomic mass is 32.2. The fourth-order valence-corrected chi connectivity index (χ4v) is 3.65. The molecule has 0 bridgehead atoms. The Labute approximate surface area is 161 Å². The van der Waals surface area contributed by atoms with Gasteiger partial charge in [0.15, 0.2) is 5.11 Å². The van der Waals surface area contributed by atoms with Crippen molar-refractivity contribution < 1.29 is 8.42 Å². The molecule has 2 rings (SSSR count). The minimum absolute atomic E-state index is 0.0454. The van der Waals surface area contributed by atoms with Crippen molar-refractivity contribution in [3.8, 4) is 0 Å². The summed E-state index contributed by atoms with van der Waals surface area (Å²) in [5, 5.41) is 3.25. The van der Waals surface area contributed by atoms with E-state index in [9.17, 15) is 8.42 Å². The maximum atomic E-state index is 12.4. The molecule has 0 saturated carbocycles. The van der Waals surface area contributed by atoms with Gasteiger partial charge in [0.25, 0.3) is 10.0 Å². The molecular formula is C19H25N3O2S2. The molecule has 0 unspecified atom stereocenters. The van der Waals surface area contributed by atoms with Gasteiger partial charge in [-0.05, 0) is 54.7 Å². The van der Waals surface area contributed by atoms with Gasteiger partial charge in [-0.25, -0.2) is 8.42 Å². The van der Waals surface area contributed by atoms with Crippen LogP contribution in [0.1, 0.15) is 37.9 Å². The Morgan fingerprint density at radius 3 is 2.19 bits per heavy atom. The molecule has 0 aliphatic heterocycles. The molecule has 0 aliphatic rings. The van der Waals surface area contributed by atoms with Gasteiger partial charge in [-0.2, -0.15) is 0 Å². The number of hydrogen-bond donors (Lipinski definition) is 3. The Morgan fingerprint density at radius 2 is 1.62 bits per heavy atom. The van der Waals surface area contributed by atoms with E-state index in [1.54, 1.807) is 12.1 Å². The van der Waals surface area contributed by atoms with Crippen LogP contribution in [-0.2, 0) is 16.4 Å². The third-order valence-electron chi connectivity index (χ3n) is 3.82. The molecule has 2 aromatic carbocycles. The van der Waals surface area contributed by atoms with E-state index < -0.39 is 10.0 Å². The molecule has 3 N–H and O–H groups in total. The lowest BCUT2D eigenvalue weighted by Crippen LogP contribution is -2.47. The van der Waals surface area contributed by atoms with Crippen molar-refractivity contribution in [1.82, 2.24) is 15.6 Å². The lowest BCUT2D eigenvalue weighted by molar-refractivity contribution is 0.574. The number of nitrogens with one attached hydrogen (secondary N) is 3. The van der Waals surface area contributed by atoms with Gasteiger partial charge in [-0.15, -0.1) is 4.83 Å². The first-order chi connectivity index (χ1) is 12.3. The number of sulfonamides is 1. The van der Waals surface area contributed by atoms with Gasteiger partial charge >= 0.3 is 0 Å². The molecule has 0 saturated heterocycles. The van der Waals surface area contributed by atoms with E-state index in [4.69, 9.17) is 12.2 Å². The summed E-state index contributed by atoms with van der Waals surface area (Å²) in [4.78, 5) is 2.50. The summed E-state index contributed by atoms with van der Waals surface area (Å²) >= 11 is 5.17. The number of rotatable bonds is 7. The van der Waals surface area contributed by atoms with Crippen LogP contribution in [0.2, 0.25) is 0 Å². The van der Waals surface area contributed by atoms with Crippen LogP contribution in [0.15, 0.2) is 59.5 Å². The van der Waals surface area contributed by atoms with Gasteiger partial charge < -0.3 is 5.32 Å². The Hall–Kier alpha value is -1.96. The third kappa shape index (κ3) is 6.09. The molecule has 26 heavy (non-hydrogen) atoms. The summed E-state index contributed by atoms with van der Waals surface area (Å²) in [6.45, 7) is 6.20. The van der Waals surface area contributed by atoms with Gasteiger partial charge in [0.05, 0.1) is 10.9 Å². The predicted octanol–water partition coefficient (Wildman–Crippen LogP) is 3.30. The van der Waals surface area contributed by atoms with Crippen LogP contribution in [0.25, 0.3) is 0 Å². The molecule has 0 amide bonds. The number of hydrazine groups is 1. The van der Waals surface area contributed by atoms with Crippen LogP contribution < -0.4 is 15.6 Å². The summed E-state index contributed by atoms with van der Waals surface area (Å²) in [5.74, 6) is 0.521. The van der Waals surface area contributed by atoms with Gasteiger partial charge in [-0.1, -0.05) is 56.3 Å². The Kier molecular flexibility index (Phi) is 7.14. The second-order valence-electron chi connectivity index (χ2n) is 6.58. The van der Waals surface area contributed by atoms with Crippen LogP contribution in [-0.4, -0.2) is 13.5 Å². The van der Waals surface area contributed by atoms with Crippen LogP contribution in [0.5, 0.6) is 0 Å². The zero-order valence-electron chi connectivity index (χ0n) is 15.2. The van der Waals surface area contributed by atoms with E-state index in [1.807, 2.05) is 49.4 Å². The molecule has 0 aliphatic carbocycles. The smallest absolute Gasteiger partial charge is 0.257 e. The first kappa shape index (κ1) is 20.4. The molecule has 0 fully saturated rings. The average molecular weight is 392 g/mol. The maximum absolute atomic E-state index is 12.4. The molecular weight excluding hydrogens is 366 g/mol. The monoisotopic (exact) mass is 391 g/mol. The van der Waals surface area contributed by atoms with Crippen molar-refractivity contribution in [3.05, 3.63) is 65.7 Å². The van der Waals surface area contributed by atoms with E-state index in [-0.39, 0.29) is 16.0 Å². The highest BCUT2D eigenvalue weighted by Crippen LogP contribution is 2.13. The van der Waals surface area contributed by atoms with Gasteiger partial charge in [0.2, 0.25) is 0 Å². The van der Waals surface area contributed by atoms with E-state index in [2.05, 4.69) is 29.4 Å². The Bertz CT molecular complexity index is 820. The molecule has 1 atom stereocenters. The average Bonchev–Trinajstić information content (AvgIpc) is 2.61. The van der Waals surface area contributed by atoms with Crippen LogP contribution in [0, 0.1) is 5.92 Å². The fourth-order valence-electron chi connectivity index (χ4n) is 2.51. The van der Waals surface area contributed by atoms with Gasteiger partial charge in [0, 0.05) is 0 Å². The molecule has 0 spiro atoms. The summed E-state index contributed by atoms with van der Waals surface area (Å²) in [7, 11) is -3.69. The number of thiocarbonyl (C=S) groups is 1. The van der Waals surface area contributed by atoms with Gasteiger partial charge in [-0.3, -0.25) is 5.43 Å². The topological polar surface area (TPSA) is 70.2 Å². The summed E-state index contributed by atoms with van der Waals surface area (Å²) < 4.78 is 24.7. The van der Waals surface area contributed by atoms with Crippen molar-refractivity contribution in [1.29, 1.82) is 0 Å². The van der Waals surface area contributed by atoms with E-state index in [1.165, 1.54) is 0 Å². The molecule has 140 valence electrons. The van der Waals surface area contributed by atoms with Crippen molar-refractivity contribution in [2.75, 3.05) is 0 Å². The first-order valence-corrected chi connectivity index (χ1v) is 10.4. The summed E-state index contributed by atoms with van der Waals surface area (Å²) in [6, 6.07) is 16.6. The highest BCUT2D eigenvalue weighted by Gasteiger charge is 2.15. The van der Waals surface area contributed by atoms with E-state index in [0.29, 0.717) is 5.92 Å². The first-order valence-electron chi connectivity index (χ1n) is 8.50. The second kappa shape index (κ2) is 9.12. The zero-order valence-corrected chi connectivity index (χ0v) is 16.8. The minimum Gasteiger partial charge on any atom is -0.355 e. The Morgan fingerprint density at radius 1 is 1.00 bits per heavy atom. The number of benzene rings is 2. The lowest BCUT2D eigenvalue weighted by Gasteiger charge is -2.17. The minimum atomic E-state index is -3.69. The third-order valence-corrected chi connectivity index (χ3v) is 5.31. The van der Waals surface area contributed by atoms with E-state index in [0.717, 1.165) is 17.5 Å². The van der Waals surface area contributed by atoms with E-state index >= 15 is 0 Å².